The standard InChI is InChI=1S/C19H26N4O3/c1-13-7-8-15(22-10-4-6-18(22)25)11-16(13)21-19(26)23-9-3-2-5-14(23)12-17(20)24/h7-8,11,14H,2-6,9-10,12H2,1H3,(H2,20,24)(H,21,26)/t14-/m0/s1. The summed E-state index contributed by atoms with van der Waals surface area (Å²) < 4.78 is 0. The van der Waals surface area contributed by atoms with Gasteiger partial charge in [0.1, 0.15) is 0 Å². The first-order valence-corrected chi connectivity index (χ1v) is 9.22. The van der Waals surface area contributed by atoms with Crippen molar-refractivity contribution in [3.05, 3.63) is 23.8 Å². The minimum atomic E-state index is -0.388. The molecular weight excluding hydrogens is 332 g/mol. The number of anilines is 2. The van der Waals surface area contributed by atoms with Gasteiger partial charge < -0.3 is 20.9 Å². The Morgan fingerprint density at radius 3 is 2.73 bits per heavy atom. The molecule has 2 aliphatic heterocycles. The number of nitrogens with two attached hydrogens (primary N) is 1. The second-order valence-electron chi connectivity index (χ2n) is 7.09. The second kappa shape index (κ2) is 7.76. The van der Waals surface area contributed by atoms with Gasteiger partial charge in [-0.1, -0.05) is 6.07 Å². The van der Waals surface area contributed by atoms with Crippen LogP contribution < -0.4 is 16.0 Å². The Kier molecular flexibility index (Phi) is 5.44. The topological polar surface area (TPSA) is 95.7 Å². The van der Waals surface area contributed by atoms with Gasteiger partial charge in [0.2, 0.25) is 11.8 Å². The van der Waals surface area contributed by atoms with Gasteiger partial charge in [-0.15, -0.1) is 0 Å². The van der Waals surface area contributed by atoms with Gasteiger partial charge >= 0.3 is 6.03 Å². The third-order valence-corrected chi connectivity index (χ3v) is 5.17. The van der Waals surface area contributed by atoms with Gasteiger partial charge in [0.25, 0.3) is 0 Å². The molecule has 0 unspecified atom stereocenters. The number of hydrogen-bond acceptors (Lipinski definition) is 3. The van der Waals surface area contributed by atoms with Crippen molar-refractivity contribution < 1.29 is 14.4 Å². The van der Waals surface area contributed by atoms with E-state index >= 15 is 0 Å². The average molecular weight is 358 g/mol. The molecule has 0 saturated carbocycles. The quantitative estimate of drug-likeness (QED) is 0.865. The lowest BCUT2D eigenvalue weighted by atomic mass is 9.99. The Hall–Kier alpha value is -2.57. The zero-order valence-electron chi connectivity index (χ0n) is 15.2. The zero-order valence-corrected chi connectivity index (χ0v) is 15.2. The Morgan fingerprint density at radius 1 is 1.23 bits per heavy atom. The minimum Gasteiger partial charge on any atom is -0.370 e. The fraction of sp³-hybridized carbons (Fsp3) is 0.526. The highest BCUT2D eigenvalue weighted by atomic mass is 16.2. The number of nitrogens with one attached hydrogen (secondary N) is 1. The molecule has 7 nitrogen and oxygen atoms in total. The molecule has 0 aromatic heterocycles. The zero-order chi connectivity index (χ0) is 18.7. The second-order valence-corrected chi connectivity index (χ2v) is 7.09. The summed E-state index contributed by atoms with van der Waals surface area (Å²) in [5.74, 6) is -0.274. The number of carbonyl (C=O) groups excluding carboxylic acids is 3. The van der Waals surface area contributed by atoms with Crippen LogP contribution in [0.3, 0.4) is 0 Å². The third kappa shape index (κ3) is 3.98. The van der Waals surface area contributed by atoms with Gasteiger partial charge in [-0.25, -0.2) is 4.79 Å². The highest BCUT2D eigenvalue weighted by Gasteiger charge is 2.28. The summed E-state index contributed by atoms with van der Waals surface area (Å²) in [5, 5.41) is 2.96. The van der Waals surface area contributed by atoms with E-state index in [0.29, 0.717) is 25.2 Å². The first kappa shape index (κ1) is 18.2. The van der Waals surface area contributed by atoms with E-state index in [0.717, 1.165) is 36.9 Å². The summed E-state index contributed by atoms with van der Waals surface area (Å²) in [6.45, 7) is 3.25. The maximum Gasteiger partial charge on any atom is 0.322 e. The van der Waals surface area contributed by atoms with E-state index in [1.165, 1.54) is 0 Å². The molecule has 0 spiro atoms. The van der Waals surface area contributed by atoms with Crippen LogP contribution in [0.25, 0.3) is 0 Å². The molecule has 0 bridgehead atoms. The molecule has 140 valence electrons. The molecule has 1 atom stereocenters. The van der Waals surface area contributed by atoms with Crippen LogP contribution in [-0.4, -0.2) is 41.9 Å². The molecule has 7 heteroatoms. The summed E-state index contributed by atoms with van der Waals surface area (Å²) >= 11 is 0. The van der Waals surface area contributed by atoms with Crippen LogP contribution in [0.1, 0.15) is 44.1 Å². The molecule has 1 aromatic carbocycles. The number of piperidine rings is 1. The van der Waals surface area contributed by atoms with Crippen molar-refractivity contribution in [1.82, 2.24) is 4.90 Å². The van der Waals surface area contributed by atoms with Crippen molar-refractivity contribution >= 4 is 29.2 Å². The molecule has 2 aliphatic rings. The highest BCUT2D eigenvalue weighted by Crippen LogP contribution is 2.28. The Balaban J connectivity index is 1.75. The number of primary amides is 1. The fourth-order valence-corrected chi connectivity index (χ4v) is 3.73. The summed E-state index contributed by atoms with van der Waals surface area (Å²) in [6, 6.07) is 5.30. The molecule has 2 saturated heterocycles. The monoisotopic (exact) mass is 358 g/mol. The predicted octanol–water partition coefficient (Wildman–Crippen LogP) is 2.38. The van der Waals surface area contributed by atoms with E-state index < -0.39 is 0 Å². The Labute approximate surface area is 153 Å². The van der Waals surface area contributed by atoms with Gasteiger partial charge in [-0.3, -0.25) is 9.59 Å². The Morgan fingerprint density at radius 2 is 2.04 bits per heavy atom. The van der Waals surface area contributed by atoms with Crippen molar-refractivity contribution in [1.29, 1.82) is 0 Å². The molecule has 26 heavy (non-hydrogen) atoms. The SMILES string of the molecule is Cc1ccc(N2CCCC2=O)cc1NC(=O)N1CCCC[C@H]1CC(N)=O. The first-order chi connectivity index (χ1) is 12.5. The van der Waals surface area contributed by atoms with Gasteiger partial charge in [0.15, 0.2) is 0 Å². The van der Waals surface area contributed by atoms with Gasteiger partial charge in [-0.05, 0) is 50.3 Å². The number of carbonyl (C=O) groups is 3. The van der Waals surface area contributed by atoms with E-state index in [9.17, 15) is 14.4 Å². The molecular formula is C19H26N4O3. The molecule has 3 N–H and O–H groups in total. The van der Waals surface area contributed by atoms with Crippen LogP contribution in [0.15, 0.2) is 18.2 Å². The molecule has 2 fully saturated rings. The van der Waals surface area contributed by atoms with Gasteiger partial charge in [0.05, 0.1) is 0 Å². The molecule has 3 rings (SSSR count). The minimum absolute atomic E-state index is 0.115. The molecule has 2 heterocycles. The van der Waals surface area contributed by atoms with E-state index in [1.54, 1.807) is 9.80 Å². The summed E-state index contributed by atoms with van der Waals surface area (Å²) in [7, 11) is 0. The first-order valence-electron chi connectivity index (χ1n) is 9.22. The van der Waals surface area contributed by atoms with Crippen LogP contribution in [0.4, 0.5) is 16.2 Å². The fourth-order valence-electron chi connectivity index (χ4n) is 3.73. The maximum atomic E-state index is 12.8. The number of likely N-dealkylation sites (tertiary alicyclic amines) is 1. The largest absolute Gasteiger partial charge is 0.370 e. The van der Waals surface area contributed by atoms with Crippen molar-refractivity contribution in [2.45, 2.75) is 51.5 Å². The normalized spacial score (nSPS) is 20.3. The summed E-state index contributed by atoms with van der Waals surface area (Å²) in [6.07, 6.45) is 4.32. The predicted molar refractivity (Wildman–Crippen MR) is 99.9 cm³/mol. The summed E-state index contributed by atoms with van der Waals surface area (Å²) in [5.41, 5.74) is 7.75. The number of aryl methyl sites for hydroxylation is 1. The van der Waals surface area contributed by atoms with E-state index in [1.807, 2.05) is 25.1 Å². The van der Waals surface area contributed by atoms with Crippen molar-refractivity contribution in [3.8, 4) is 0 Å². The van der Waals surface area contributed by atoms with E-state index in [4.69, 9.17) is 5.73 Å². The highest BCUT2D eigenvalue weighted by molar-refractivity contribution is 5.97. The number of hydrogen-bond donors (Lipinski definition) is 2. The maximum absolute atomic E-state index is 12.8. The average Bonchev–Trinajstić information content (AvgIpc) is 3.03. The van der Waals surface area contributed by atoms with Crippen LogP contribution >= 0.6 is 0 Å². The molecule has 0 radical (unpaired) electrons. The van der Waals surface area contributed by atoms with Crippen molar-refractivity contribution in [2.75, 3.05) is 23.3 Å². The van der Waals surface area contributed by atoms with E-state index in [-0.39, 0.29) is 30.3 Å². The number of nitrogens with zero attached hydrogens (tertiary/aromatic N) is 2. The lowest BCUT2D eigenvalue weighted by Crippen LogP contribution is -2.47. The smallest absolute Gasteiger partial charge is 0.322 e. The number of rotatable bonds is 4. The Bertz CT molecular complexity index is 719. The lowest BCUT2D eigenvalue weighted by molar-refractivity contribution is -0.119. The summed E-state index contributed by atoms with van der Waals surface area (Å²) in [4.78, 5) is 39.5. The van der Waals surface area contributed by atoms with Crippen molar-refractivity contribution in [3.63, 3.8) is 0 Å². The lowest BCUT2D eigenvalue weighted by Gasteiger charge is -2.35. The van der Waals surface area contributed by atoms with Crippen LogP contribution in [-0.2, 0) is 9.59 Å². The van der Waals surface area contributed by atoms with E-state index in [2.05, 4.69) is 5.32 Å². The molecule has 4 amide bonds. The van der Waals surface area contributed by atoms with Crippen LogP contribution in [0.5, 0.6) is 0 Å². The molecule has 1 aromatic rings. The van der Waals surface area contributed by atoms with Gasteiger partial charge in [-0.2, -0.15) is 0 Å². The third-order valence-electron chi connectivity index (χ3n) is 5.17. The van der Waals surface area contributed by atoms with Crippen molar-refractivity contribution in [2.24, 2.45) is 5.73 Å². The van der Waals surface area contributed by atoms with Gasteiger partial charge in [0, 0.05) is 43.3 Å². The van der Waals surface area contributed by atoms with Crippen LogP contribution in [0, 0.1) is 6.92 Å². The number of benzene rings is 1. The molecule has 0 aliphatic carbocycles. The number of urea groups is 1. The number of amides is 4. The van der Waals surface area contributed by atoms with Crippen LogP contribution in [0.2, 0.25) is 0 Å².